The Balaban J connectivity index is 1.72. The second kappa shape index (κ2) is 10.8. The molecular formula is C24H28Cl2N2O2. The number of hydrogen-bond acceptors (Lipinski definition) is 2. The molecule has 0 heterocycles. The van der Waals surface area contributed by atoms with Crippen molar-refractivity contribution in [2.75, 3.05) is 0 Å². The van der Waals surface area contributed by atoms with Crippen molar-refractivity contribution in [2.24, 2.45) is 0 Å². The van der Waals surface area contributed by atoms with Gasteiger partial charge >= 0.3 is 0 Å². The summed E-state index contributed by atoms with van der Waals surface area (Å²) in [5.74, 6) is -0.158. The highest BCUT2D eigenvalue weighted by molar-refractivity contribution is 6.42. The highest BCUT2D eigenvalue weighted by Gasteiger charge is 2.28. The van der Waals surface area contributed by atoms with Gasteiger partial charge in [0.05, 0.1) is 10.0 Å². The largest absolute Gasteiger partial charge is 0.352 e. The Morgan fingerprint density at radius 2 is 1.73 bits per heavy atom. The van der Waals surface area contributed by atoms with Crippen LogP contribution < -0.4 is 5.32 Å². The van der Waals surface area contributed by atoms with E-state index in [-0.39, 0.29) is 17.9 Å². The fourth-order valence-corrected chi connectivity index (χ4v) is 4.17. The van der Waals surface area contributed by atoms with Gasteiger partial charge in [0.25, 0.3) is 0 Å². The minimum Gasteiger partial charge on any atom is -0.352 e. The van der Waals surface area contributed by atoms with Gasteiger partial charge in [-0.15, -0.1) is 0 Å². The standard InChI is InChI=1S/C24H28Cl2N2O2/c1-17(24(30)27-20-9-5-6-10-20)28(16-19-11-13-21(25)22(26)15-19)23(29)14-12-18-7-3-2-4-8-18/h2-4,7-8,11,13,15,17,20H,5-6,9-10,12,14,16H2,1H3,(H,27,30). The van der Waals surface area contributed by atoms with E-state index < -0.39 is 6.04 Å². The molecule has 3 rings (SSSR count). The van der Waals surface area contributed by atoms with E-state index in [4.69, 9.17) is 23.2 Å². The predicted molar refractivity (Wildman–Crippen MR) is 122 cm³/mol. The molecule has 0 bridgehead atoms. The van der Waals surface area contributed by atoms with Gasteiger partial charge in [0.15, 0.2) is 0 Å². The molecule has 0 spiro atoms. The Kier molecular flexibility index (Phi) is 8.17. The van der Waals surface area contributed by atoms with Gasteiger partial charge in [0, 0.05) is 19.0 Å². The van der Waals surface area contributed by atoms with Crippen LogP contribution >= 0.6 is 23.2 Å². The number of amides is 2. The Morgan fingerprint density at radius 1 is 1.03 bits per heavy atom. The summed E-state index contributed by atoms with van der Waals surface area (Å²) in [6.45, 7) is 2.10. The maximum absolute atomic E-state index is 13.1. The number of halogens is 2. The Morgan fingerprint density at radius 3 is 2.40 bits per heavy atom. The minimum absolute atomic E-state index is 0.0565. The van der Waals surface area contributed by atoms with Crippen molar-refractivity contribution in [1.29, 1.82) is 0 Å². The average Bonchev–Trinajstić information content (AvgIpc) is 3.26. The lowest BCUT2D eigenvalue weighted by Crippen LogP contribution is -2.49. The first-order chi connectivity index (χ1) is 14.4. The molecule has 1 aliphatic rings. The van der Waals surface area contributed by atoms with E-state index >= 15 is 0 Å². The van der Waals surface area contributed by atoms with Crippen LogP contribution in [0, 0.1) is 0 Å². The molecule has 0 aliphatic heterocycles. The summed E-state index contributed by atoms with van der Waals surface area (Å²) >= 11 is 12.2. The smallest absolute Gasteiger partial charge is 0.242 e. The van der Waals surface area contributed by atoms with Crippen LogP contribution in [-0.2, 0) is 22.6 Å². The molecule has 1 unspecified atom stereocenters. The molecule has 1 saturated carbocycles. The first-order valence-corrected chi connectivity index (χ1v) is 11.3. The summed E-state index contributed by atoms with van der Waals surface area (Å²) < 4.78 is 0. The fraction of sp³-hybridized carbons (Fsp3) is 0.417. The van der Waals surface area contributed by atoms with Crippen molar-refractivity contribution in [2.45, 2.75) is 64.1 Å². The molecule has 2 aromatic rings. The van der Waals surface area contributed by atoms with E-state index in [1.54, 1.807) is 24.0 Å². The molecule has 4 nitrogen and oxygen atoms in total. The fourth-order valence-electron chi connectivity index (χ4n) is 3.85. The van der Waals surface area contributed by atoms with Crippen LogP contribution in [0.5, 0.6) is 0 Å². The summed E-state index contributed by atoms with van der Waals surface area (Å²) in [4.78, 5) is 27.7. The number of hydrogen-bond donors (Lipinski definition) is 1. The lowest BCUT2D eigenvalue weighted by atomic mass is 10.1. The molecule has 30 heavy (non-hydrogen) atoms. The van der Waals surface area contributed by atoms with Crippen LogP contribution in [0.25, 0.3) is 0 Å². The van der Waals surface area contributed by atoms with Gasteiger partial charge < -0.3 is 10.2 Å². The zero-order chi connectivity index (χ0) is 21.5. The van der Waals surface area contributed by atoms with E-state index in [9.17, 15) is 9.59 Å². The minimum atomic E-state index is -0.566. The zero-order valence-electron chi connectivity index (χ0n) is 17.2. The van der Waals surface area contributed by atoms with Gasteiger partial charge in [-0.1, -0.05) is 72.4 Å². The number of rotatable bonds is 8. The third-order valence-corrected chi connectivity index (χ3v) is 6.42. The van der Waals surface area contributed by atoms with Gasteiger partial charge in [0.1, 0.15) is 6.04 Å². The van der Waals surface area contributed by atoms with Gasteiger partial charge in [-0.3, -0.25) is 9.59 Å². The van der Waals surface area contributed by atoms with Gasteiger partial charge in [0.2, 0.25) is 11.8 Å². The lowest BCUT2D eigenvalue weighted by molar-refractivity contribution is -0.140. The molecule has 0 radical (unpaired) electrons. The van der Waals surface area contributed by atoms with Gasteiger partial charge in [-0.05, 0) is 49.4 Å². The molecule has 2 amide bonds. The van der Waals surface area contributed by atoms with E-state index in [2.05, 4.69) is 5.32 Å². The number of benzene rings is 2. The van der Waals surface area contributed by atoms with Crippen molar-refractivity contribution < 1.29 is 9.59 Å². The lowest BCUT2D eigenvalue weighted by Gasteiger charge is -2.30. The number of carbonyl (C=O) groups excluding carboxylic acids is 2. The monoisotopic (exact) mass is 446 g/mol. The van der Waals surface area contributed by atoms with E-state index in [0.29, 0.717) is 29.4 Å². The van der Waals surface area contributed by atoms with Crippen LogP contribution in [0.15, 0.2) is 48.5 Å². The van der Waals surface area contributed by atoms with Crippen LogP contribution in [0.3, 0.4) is 0 Å². The Hall–Kier alpha value is -2.04. The Bertz CT molecular complexity index is 867. The van der Waals surface area contributed by atoms with Crippen molar-refractivity contribution >= 4 is 35.0 Å². The molecule has 6 heteroatoms. The maximum Gasteiger partial charge on any atom is 0.242 e. The van der Waals surface area contributed by atoms with E-state index in [1.165, 1.54) is 0 Å². The van der Waals surface area contributed by atoms with Crippen molar-refractivity contribution in [1.82, 2.24) is 10.2 Å². The summed E-state index contributed by atoms with van der Waals surface area (Å²) in [5.41, 5.74) is 1.95. The van der Waals surface area contributed by atoms with Crippen LogP contribution in [-0.4, -0.2) is 28.8 Å². The average molecular weight is 447 g/mol. The highest BCUT2D eigenvalue weighted by Crippen LogP contribution is 2.24. The number of carbonyl (C=O) groups is 2. The zero-order valence-corrected chi connectivity index (χ0v) is 18.8. The third-order valence-electron chi connectivity index (χ3n) is 5.68. The SMILES string of the molecule is CC(C(=O)NC1CCCC1)N(Cc1ccc(Cl)c(Cl)c1)C(=O)CCc1ccccc1. The summed E-state index contributed by atoms with van der Waals surface area (Å²) in [6.07, 6.45) is 5.27. The molecule has 1 N–H and O–H groups in total. The number of aryl methyl sites for hydroxylation is 1. The molecular weight excluding hydrogens is 419 g/mol. The summed E-state index contributed by atoms with van der Waals surface area (Å²) in [6, 6.07) is 14.9. The first-order valence-electron chi connectivity index (χ1n) is 10.5. The molecule has 2 aromatic carbocycles. The predicted octanol–water partition coefficient (Wildman–Crippen LogP) is 5.40. The summed E-state index contributed by atoms with van der Waals surface area (Å²) in [7, 11) is 0. The summed E-state index contributed by atoms with van der Waals surface area (Å²) in [5, 5.41) is 4.02. The topological polar surface area (TPSA) is 49.4 Å². The van der Waals surface area contributed by atoms with Gasteiger partial charge in [-0.2, -0.15) is 0 Å². The number of nitrogens with one attached hydrogen (secondary N) is 1. The molecule has 1 fully saturated rings. The molecule has 1 aliphatic carbocycles. The van der Waals surface area contributed by atoms with Crippen LogP contribution in [0.2, 0.25) is 10.0 Å². The van der Waals surface area contributed by atoms with Crippen molar-refractivity contribution in [3.05, 3.63) is 69.7 Å². The normalized spacial score (nSPS) is 15.0. The molecule has 0 saturated heterocycles. The highest BCUT2D eigenvalue weighted by atomic mass is 35.5. The molecule has 160 valence electrons. The molecule has 0 aromatic heterocycles. The van der Waals surface area contributed by atoms with Crippen molar-refractivity contribution in [3.63, 3.8) is 0 Å². The van der Waals surface area contributed by atoms with Crippen LogP contribution in [0.1, 0.15) is 50.2 Å². The molecule has 1 atom stereocenters. The van der Waals surface area contributed by atoms with E-state index in [0.717, 1.165) is 36.8 Å². The van der Waals surface area contributed by atoms with Crippen LogP contribution in [0.4, 0.5) is 0 Å². The third kappa shape index (κ3) is 6.23. The second-order valence-corrected chi connectivity index (χ2v) is 8.74. The van der Waals surface area contributed by atoms with E-state index in [1.807, 2.05) is 36.4 Å². The number of nitrogens with zero attached hydrogens (tertiary/aromatic N) is 1. The maximum atomic E-state index is 13.1. The quantitative estimate of drug-likeness (QED) is 0.589. The Labute approximate surface area is 188 Å². The van der Waals surface area contributed by atoms with Crippen molar-refractivity contribution in [3.8, 4) is 0 Å². The first kappa shape index (κ1) is 22.6. The van der Waals surface area contributed by atoms with Gasteiger partial charge in [-0.25, -0.2) is 0 Å². The second-order valence-electron chi connectivity index (χ2n) is 7.92.